The first-order valence-corrected chi connectivity index (χ1v) is 9.49. The quantitative estimate of drug-likeness (QED) is 0.526. The molecule has 2 aromatic carbocycles. The number of carbonyl (C=O) groups is 1. The minimum Gasteiger partial charge on any atom is -0.467 e. The molecule has 1 aromatic heterocycles. The Labute approximate surface area is 169 Å². The molecule has 0 fully saturated rings. The standard InChI is InChI=1S/C24H21N3O2/c1-17-11-22(27-15-19-5-2-3-6-20(19)16-27)9-8-18(17)12-21(13-25)24(28)26-14-23-7-4-10-29-23/h2-12H,14-16H2,1H3,(H,26,28). The molecule has 29 heavy (non-hydrogen) atoms. The maximum atomic E-state index is 12.3. The zero-order valence-corrected chi connectivity index (χ0v) is 16.2. The van der Waals surface area contributed by atoms with E-state index in [1.54, 1.807) is 24.5 Å². The highest BCUT2D eigenvalue weighted by Gasteiger charge is 2.19. The summed E-state index contributed by atoms with van der Waals surface area (Å²) in [6.07, 6.45) is 3.18. The van der Waals surface area contributed by atoms with Gasteiger partial charge in [0.2, 0.25) is 0 Å². The number of carbonyl (C=O) groups excluding carboxylic acids is 1. The van der Waals surface area contributed by atoms with Crippen LogP contribution in [-0.4, -0.2) is 5.91 Å². The molecule has 1 aliphatic heterocycles. The van der Waals surface area contributed by atoms with Crippen molar-refractivity contribution in [3.05, 3.63) is 94.4 Å². The number of hydrogen-bond acceptors (Lipinski definition) is 4. The minimum absolute atomic E-state index is 0.0704. The van der Waals surface area contributed by atoms with Crippen LogP contribution in [0.5, 0.6) is 0 Å². The predicted octanol–water partition coefficient (Wildman–Crippen LogP) is 4.33. The van der Waals surface area contributed by atoms with E-state index in [1.807, 2.05) is 25.1 Å². The van der Waals surface area contributed by atoms with Crippen LogP contribution in [0.15, 0.2) is 70.9 Å². The molecule has 144 valence electrons. The number of benzene rings is 2. The predicted molar refractivity (Wildman–Crippen MR) is 112 cm³/mol. The number of anilines is 1. The van der Waals surface area contributed by atoms with Crippen LogP contribution >= 0.6 is 0 Å². The van der Waals surface area contributed by atoms with Gasteiger partial charge in [-0.25, -0.2) is 0 Å². The summed E-state index contributed by atoms with van der Waals surface area (Å²) in [7, 11) is 0. The summed E-state index contributed by atoms with van der Waals surface area (Å²) in [6, 6.07) is 20.1. The molecular weight excluding hydrogens is 362 g/mol. The first kappa shape index (κ1) is 18.6. The third kappa shape index (κ3) is 4.07. The van der Waals surface area contributed by atoms with Crippen molar-refractivity contribution in [3.63, 3.8) is 0 Å². The molecule has 5 heteroatoms. The Morgan fingerprint density at radius 1 is 1.17 bits per heavy atom. The zero-order valence-electron chi connectivity index (χ0n) is 16.2. The van der Waals surface area contributed by atoms with E-state index in [4.69, 9.17) is 4.42 Å². The van der Waals surface area contributed by atoms with Crippen LogP contribution in [0.3, 0.4) is 0 Å². The number of aryl methyl sites for hydroxylation is 1. The second-order valence-electron chi connectivity index (χ2n) is 7.10. The minimum atomic E-state index is -0.414. The van der Waals surface area contributed by atoms with E-state index in [0.717, 1.165) is 29.9 Å². The van der Waals surface area contributed by atoms with E-state index in [-0.39, 0.29) is 12.1 Å². The number of amides is 1. The molecule has 0 radical (unpaired) electrons. The summed E-state index contributed by atoms with van der Waals surface area (Å²) in [4.78, 5) is 14.7. The summed E-state index contributed by atoms with van der Waals surface area (Å²) in [5.74, 6) is 0.227. The van der Waals surface area contributed by atoms with E-state index in [2.05, 4.69) is 40.5 Å². The monoisotopic (exact) mass is 383 g/mol. The van der Waals surface area contributed by atoms with Gasteiger partial charge in [0, 0.05) is 18.8 Å². The van der Waals surface area contributed by atoms with E-state index in [0.29, 0.717) is 5.76 Å². The molecule has 1 aliphatic rings. The van der Waals surface area contributed by atoms with Crippen LogP contribution < -0.4 is 10.2 Å². The molecule has 0 saturated heterocycles. The number of nitriles is 1. The first-order valence-electron chi connectivity index (χ1n) is 9.49. The van der Waals surface area contributed by atoms with Crippen LogP contribution in [0.25, 0.3) is 6.08 Å². The van der Waals surface area contributed by atoms with Crippen molar-refractivity contribution in [2.24, 2.45) is 0 Å². The van der Waals surface area contributed by atoms with Crippen molar-refractivity contribution in [2.45, 2.75) is 26.6 Å². The van der Waals surface area contributed by atoms with Crippen LogP contribution in [-0.2, 0) is 24.4 Å². The summed E-state index contributed by atoms with van der Waals surface area (Å²) in [5.41, 5.74) is 5.79. The Balaban J connectivity index is 1.48. The summed E-state index contributed by atoms with van der Waals surface area (Å²) < 4.78 is 5.20. The first-order chi connectivity index (χ1) is 14.1. The van der Waals surface area contributed by atoms with Crippen LogP contribution in [0.4, 0.5) is 5.69 Å². The molecule has 0 aliphatic carbocycles. The fourth-order valence-electron chi connectivity index (χ4n) is 3.51. The van der Waals surface area contributed by atoms with Crippen LogP contribution in [0, 0.1) is 18.3 Å². The Morgan fingerprint density at radius 3 is 2.55 bits per heavy atom. The van der Waals surface area contributed by atoms with Crippen molar-refractivity contribution >= 4 is 17.7 Å². The molecule has 5 nitrogen and oxygen atoms in total. The third-order valence-corrected chi connectivity index (χ3v) is 5.13. The fourth-order valence-corrected chi connectivity index (χ4v) is 3.51. The van der Waals surface area contributed by atoms with Gasteiger partial charge >= 0.3 is 0 Å². The zero-order chi connectivity index (χ0) is 20.2. The molecule has 1 amide bonds. The molecule has 3 aromatic rings. The number of nitrogens with zero attached hydrogens (tertiary/aromatic N) is 2. The van der Waals surface area contributed by atoms with Crippen LogP contribution in [0.1, 0.15) is 28.0 Å². The van der Waals surface area contributed by atoms with Crippen molar-refractivity contribution in [1.82, 2.24) is 5.32 Å². The molecule has 0 saturated carbocycles. The molecule has 2 heterocycles. The highest BCUT2D eigenvalue weighted by molar-refractivity contribution is 6.01. The molecule has 0 spiro atoms. The van der Waals surface area contributed by atoms with Crippen molar-refractivity contribution in [2.75, 3.05) is 4.90 Å². The molecule has 0 unspecified atom stereocenters. The number of rotatable bonds is 5. The maximum absolute atomic E-state index is 12.3. The average molecular weight is 383 g/mol. The third-order valence-electron chi connectivity index (χ3n) is 5.13. The highest BCUT2D eigenvalue weighted by Crippen LogP contribution is 2.29. The Hall–Kier alpha value is -3.78. The van der Waals surface area contributed by atoms with E-state index >= 15 is 0 Å². The largest absolute Gasteiger partial charge is 0.467 e. The number of furan rings is 1. The van der Waals surface area contributed by atoms with Gasteiger partial charge in [-0.1, -0.05) is 30.3 Å². The second kappa shape index (κ2) is 8.07. The number of fused-ring (bicyclic) bond motifs is 1. The van der Waals surface area contributed by atoms with Gasteiger partial charge in [0.1, 0.15) is 17.4 Å². The average Bonchev–Trinajstić information content (AvgIpc) is 3.40. The Bertz CT molecular complexity index is 1080. The molecular formula is C24H21N3O2. The van der Waals surface area contributed by atoms with Gasteiger partial charge in [0.15, 0.2) is 0 Å². The van der Waals surface area contributed by atoms with Crippen molar-refractivity contribution < 1.29 is 9.21 Å². The summed E-state index contributed by atoms with van der Waals surface area (Å²) in [5, 5.41) is 12.1. The fraction of sp³-hybridized carbons (Fsp3) is 0.167. The van der Waals surface area contributed by atoms with Gasteiger partial charge in [0.05, 0.1) is 12.8 Å². The van der Waals surface area contributed by atoms with E-state index < -0.39 is 5.91 Å². The summed E-state index contributed by atoms with van der Waals surface area (Å²) in [6.45, 7) is 4.03. The molecule has 0 bridgehead atoms. The van der Waals surface area contributed by atoms with Gasteiger partial charge < -0.3 is 14.6 Å². The van der Waals surface area contributed by atoms with Crippen molar-refractivity contribution in [1.29, 1.82) is 5.26 Å². The van der Waals surface area contributed by atoms with Crippen LogP contribution in [0.2, 0.25) is 0 Å². The normalized spacial score (nSPS) is 13.1. The highest BCUT2D eigenvalue weighted by atomic mass is 16.3. The van der Waals surface area contributed by atoms with Gasteiger partial charge in [0.25, 0.3) is 5.91 Å². The number of nitrogens with one attached hydrogen (secondary N) is 1. The lowest BCUT2D eigenvalue weighted by Gasteiger charge is -2.19. The second-order valence-corrected chi connectivity index (χ2v) is 7.10. The van der Waals surface area contributed by atoms with Gasteiger partial charge in [-0.15, -0.1) is 0 Å². The van der Waals surface area contributed by atoms with Gasteiger partial charge in [-0.05, 0) is 59.5 Å². The molecule has 0 atom stereocenters. The topological polar surface area (TPSA) is 69.3 Å². The SMILES string of the molecule is Cc1cc(N2Cc3ccccc3C2)ccc1C=C(C#N)C(=O)NCc1ccco1. The van der Waals surface area contributed by atoms with Crippen molar-refractivity contribution in [3.8, 4) is 6.07 Å². The van der Waals surface area contributed by atoms with Gasteiger partial charge in [-0.2, -0.15) is 5.26 Å². The summed E-state index contributed by atoms with van der Waals surface area (Å²) >= 11 is 0. The lowest BCUT2D eigenvalue weighted by atomic mass is 10.0. The Kier molecular flexibility index (Phi) is 5.17. The lowest BCUT2D eigenvalue weighted by Crippen LogP contribution is -2.23. The Morgan fingerprint density at radius 2 is 1.93 bits per heavy atom. The van der Waals surface area contributed by atoms with E-state index in [1.165, 1.54) is 11.1 Å². The maximum Gasteiger partial charge on any atom is 0.262 e. The van der Waals surface area contributed by atoms with E-state index in [9.17, 15) is 10.1 Å². The molecule has 1 N–H and O–H groups in total. The smallest absolute Gasteiger partial charge is 0.262 e. The van der Waals surface area contributed by atoms with Gasteiger partial charge in [-0.3, -0.25) is 4.79 Å². The lowest BCUT2D eigenvalue weighted by molar-refractivity contribution is -0.117. The molecule has 4 rings (SSSR count). The number of hydrogen-bond donors (Lipinski definition) is 1.